The highest BCUT2D eigenvalue weighted by molar-refractivity contribution is 7.91. The zero-order valence-electron chi connectivity index (χ0n) is 23.6. The fraction of sp³-hybridized carbons (Fsp3) is 0.613. The van der Waals surface area contributed by atoms with Crippen LogP contribution in [0, 0.1) is 12.5 Å². The van der Waals surface area contributed by atoms with Gasteiger partial charge < -0.3 is 5.32 Å². The molecule has 0 unspecified atom stereocenters. The summed E-state index contributed by atoms with van der Waals surface area (Å²) in [5, 5.41) is 6.38. The van der Waals surface area contributed by atoms with E-state index in [1.54, 1.807) is 0 Å². The Morgan fingerprint density at radius 2 is 1.73 bits per heavy atom. The summed E-state index contributed by atoms with van der Waals surface area (Å²) < 4.78 is 23.7. The molecule has 1 saturated heterocycles. The summed E-state index contributed by atoms with van der Waals surface area (Å²) in [6, 6.07) is 5.86. The van der Waals surface area contributed by atoms with Gasteiger partial charge in [0.1, 0.15) is 9.84 Å². The number of benzene rings is 1. The first kappa shape index (κ1) is 28.4. The van der Waals surface area contributed by atoms with E-state index < -0.39 is 15.5 Å². The lowest BCUT2D eigenvalue weighted by Crippen LogP contribution is -2.40. The van der Waals surface area contributed by atoms with E-state index in [2.05, 4.69) is 28.5 Å². The van der Waals surface area contributed by atoms with Crippen LogP contribution in [0.1, 0.15) is 109 Å². The van der Waals surface area contributed by atoms with Gasteiger partial charge in [0.05, 0.1) is 34.9 Å². The number of hydrogen-bond acceptors (Lipinski definition) is 6. The monoisotopic (exact) mass is 594 g/mol. The second-order valence-corrected chi connectivity index (χ2v) is 16.2. The fourth-order valence-electron chi connectivity index (χ4n) is 6.14. The van der Waals surface area contributed by atoms with Crippen LogP contribution in [0.25, 0.3) is 15.3 Å². The zero-order chi connectivity index (χ0) is 28.8. The Bertz CT molecular complexity index is 1490. The van der Waals surface area contributed by atoms with Crippen LogP contribution in [-0.4, -0.2) is 48.4 Å². The molecule has 0 spiro atoms. The number of hydrogen-bond donors (Lipinski definition) is 2. The number of sulfone groups is 1. The molecular formula is C31H38N4O4S2. The summed E-state index contributed by atoms with van der Waals surface area (Å²) in [7, 11) is -3.02. The van der Waals surface area contributed by atoms with Gasteiger partial charge in [-0.15, -0.1) is 11.3 Å². The maximum atomic E-state index is 13.4. The summed E-state index contributed by atoms with van der Waals surface area (Å²) >= 11 is 1.37. The molecule has 0 atom stereocenters. The molecule has 3 saturated carbocycles. The summed E-state index contributed by atoms with van der Waals surface area (Å²) in [5.74, 6) is 0.225. The van der Waals surface area contributed by atoms with Crippen molar-refractivity contribution in [2.45, 2.75) is 101 Å². The Hall–Kier alpha value is -2.77. The summed E-state index contributed by atoms with van der Waals surface area (Å²) in [5.41, 5.74) is 2.72. The Balaban J connectivity index is 1.33. The molecule has 8 nitrogen and oxygen atoms in total. The maximum Gasteiger partial charge on any atom is 0.308 e. The van der Waals surface area contributed by atoms with Crippen LogP contribution in [0.15, 0.2) is 18.2 Å². The number of rotatable bonds is 8. The second kappa shape index (κ2) is 10.8. The van der Waals surface area contributed by atoms with Gasteiger partial charge in [0.15, 0.2) is 5.01 Å². The topological polar surface area (TPSA) is 110 Å². The molecule has 2 amide bonds. The first-order valence-corrected chi connectivity index (χ1v) is 17.6. The van der Waals surface area contributed by atoms with Crippen LogP contribution in [-0.2, 0) is 21.7 Å². The number of carbonyl (C=O) groups is 2. The minimum atomic E-state index is -3.02. The van der Waals surface area contributed by atoms with Crippen molar-refractivity contribution in [3.05, 3.63) is 51.4 Å². The molecule has 0 bridgehead atoms. The number of thiazole rings is 1. The molecule has 0 radical (unpaired) electrons. The lowest BCUT2D eigenvalue weighted by molar-refractivity contribution is 0.0928. The third-order valence-corrected chi connectivity index (χ3v) is 12.3. The number of amides is 2. The Labute approximate surface area is 246 Å². The highest BCUT2D eigenvalue weighted by Crippen LogP contribution is 2.49. The third-order valence-electron chi connectivity index (χ3n) is 9.43. The average molecular weight is 595 g/mol. The molecule has 6 rings (SSSR count). The van der Waals surface area contributed by atoms with Gasteiger partial charge in [-0.2, -0.15) is 0 Å². The lowest BCUT2D eigenvalue weighted by atomic mass is 9.85. The zero-order valence-corrected chi connectivity index (χ0v) is 25.3. The van der Waals surface area contributed by atoms with E-state index in [4.69, 9.17) is 11.6 Å². The van der Waals surface area contributed by atoms with Gasteiger partial charge in [-0.3, -0.25) is 19.8 Å². The number of nitrogens with zero attached hydrogens (tertiary/aromatic N) is 2. The highest BCUT2D eigenvalue weighted by Gasteiger charge is 2.52. The van der Waals surface area contributed by atoms with Crippen molar-refractivity contribution < 1.29 is 18.0 Å². The van der Waals surface area contributed by atoms with E-state index in [9.17, 15) is 18.0 Å². The molecule has 4 fully saturated rings. The van der Waals surface area contributed by atoms with Crippen molar-refractivity contribution in [1.29, 1.82) is 0 Å². The largest absolute Gasteiger partial charge is 0.347 e. The molecule has 218 valence electrons. The number of aromatic nitrogens is 1. The molecule has 2 heterocycles. The van der Waals surface area contributed by atoms with Crippen LogP contribution < -0.4 is 10.6 Å². The number of carbonyl (C=O) groups excluding carboxylic acids is 2. The minimum Gasteiger partial charge on any atom is -0.347 e. The summed E-state index contributed by atoms with van der Waals surface area (Å²) in [4.78, 5) is 36.2. The van der Waals surface area contributed by atoms with Gasteiger partial charge in [0, 0.05) is 11.6 Å². The van der Waals surface area contributed by atoms with Gasteiger partial charge >= 0.3 is 5.66 Å². The fourth-order valence-corrected chi connectivity index (χ4v) is 8.61. The van der Waals surface area contributed by atoms with Crippen molar-refractivity contribution in [2.75, 3.05) is 11.5 Å². The first-order chi connectivity index (χ1) is 19.6. The van der Waals surface area contributed by atoms with Crippen LogP contribution in [0.3, 0.4) is 0 Å². The third kappa shape index (κ3) is 6.36. The van der Waals surface area contributed by atoms with Gasteiger partial charge in [-0.25, -0.2) is 20.0 Å². The molecule has 2 N–H and O–H groups in total. The predicted molar refractivity (Wildman–Crippen MR) is 160 cm³/mol. The molecule has 10 heteroatoms. The van der Waals surface area contributed by atoms with Crippen molar-refractivity contribution in [1.82, 2.24) is 15.6 Å². The van der Waals surface area contributed by atoms with Crippen molar-refractivity contribution in [3.8, 4) is 10.4 Å². The van der Waals surface area contributed by atoms with E-state index in [1.165, 1.54) is 30.6 Å². The van der Waals surface area contributed by atoms with E-state index in [1.807, 2.05) is 12.1 Å². The van der Waals surface area contributed by atoms with Crippen LogP contribution in [0.2, 0.25) is 0 Å². The summed E-state index contributed by atoms with van der Waals surface area (Å²) in [6.45, 7) is 9.71. The lowest BCUT2D eigenvalue weighted by Gasteiger charge is -2.22. The Morgan fingerprint density at radius 3 is 2.37 bits per heavy atom. The first-order valence-electron chi connectivity index (χ1n) is 15.0. The van der Waals surface area contributed by atoms with E-state index in [0.29, 0.717) is 42.2 Å². The Morgan fingerprint density at radius 1 is 1.02 bits per heavy atom. The molecule has 1 aromatic carbocycles. The molecule has 2 aromatic rings. The number of nitrogens with one attached hydrogen (secondary N) is 2. The van der Waals surface area contributed by atoms with E-state index in [-0.39, 0.29) is 34.8 Å². The van der Waals surface area contributed by atoms with Gasteiger partial charge in [-0.05, 0) is 72.8 Å². The second-order valence-electron chi connectivity index (χ2n) is 12.9. The Kier molecular flexibility index (Phi) is 7.48. The smallest absolute Gasteiger partial charge is 0.308 e. The maximum absolute atomic E-state index is 13.4. The van der Waals surface area contributed by atoms with Crippen molar-refractivity contribution in [2.24, 2.45) is 5.92 Å². The van der Waals surface area contributed by atoms with Crippen LogP contribution >= 0.6 is 11.3 Å². The quantitative estimate of drug-likeness (QED) is 0.396. The molecule has 1 aromatic heterocycles. The van der Waals surface area contributed by atoms with Crippen LogP contribution in [0.5, 0.6) is 0 Å². The molecule has 3 aliphatic carbocycles. The molecule has 41 heavy (non-hydrogen) atoms. The normalized spacial score (nSPS) is 22.8. The predicted octanol–water partition coefficient (Wildman–Crippen LogP) is 5.43. The standard InChI is InChI=1S/C31H38N4O4S2/c1-30(10-11-30)23-18-21(17-22(19-23)27(36)35-31(32-2)12-13-31)26-25(16-20-6-4-3-5-7-20)34-29(40-26)28(37)33-24-8-14-41(38,39)15-9-24/h17-20,24H,3-16H2,1H3,(H,33,37)(H,35,36). The minimum absolute atomic E-state index is 0.0256. The van der Waals surface area contributed by atoms with Crippen molar-refractivity contribution >= 4 is 33.0 Å². The van der Waals surface area contributed by atoms with E-state index >= 15 is 0 Å². The highest BCUT2D eigenvalue weighted by atomic mass is 32.2. The SMILES string of the molecule is [C-]#[N+]C1(NC(=O)c2cc(-c3sc(C(=O)NC4CCS(=O)(=O)CC4)nc3CC3CCCCC3)cc(C3(C)CC3)c2)CC1. The van der Waals surface area contributed by atoms with Gasteiger partial charge in [-0.1, -0.05) is 39.0 Å². The molecule has 1 aliphatic heterocycles. The molecular weight excluding hydrogens is 556 g/mol. The van der Waals surface area contributed by atoms with Gasteiger partial charge in [0.2, 0.25) is 0 Å². The van der Waals surface area contributed by atoms with E-state index in [0.717, 1.165) is 53.8 Å². The van der Waals surface area contributed by atoms with Crippen molar-refractivity contribution in [3.63, 3.8) is 0 Å². The average Bonchev–Trinajstić information content (AvgIpc) is 3.87. The van der Waals surface area contributed by atoms with Crippen LogP contribution in [0.4, 0.5) is 0 Å². The summed E-state index contributed by atoms with van der Waals surface area (Å²) in [6.07, 6.45) is 11.1. The van der Waals surface area contributed by atoms with Gasteiger partial charge in [0.25, 0.3) is 11.8 Å². The molecule has 4 aliphatic rings.